The van der Waals surface area contributed by atoms with Crippen LogP contribution in [-0.2, 0) is 0 Å². The molecule has 2 atom stereocenters. The van der Waals surface area contributed by atoms with Crippen molar-refractivity contribution in [1.29, 1.82) is 0 Å². The van der Waals surface area contributed by atoms with Gasteiger partial charge >= 0.3 is 0 Å². The second kappa shape index (κ2) is 6.01. The Morgan fingerprint density at radius 3 is 3.00 bits per heavy atom. The quantitative estimate of drug-likeness (QED) is 0.907. The predicted octanol–water partition coefficient (Wildman–Crippen LogP) is 2.79. The van der Waals surface area contributed by atoms with Crippen molar-refractivity contribution < 1.29 is 9.18 Å². The van der Waals surface area contributed by atoms with E-state index in [0.29, 0.717) is 29.0 Å². The first-order valence-electron chi connectivity index (χ1n) is 6.49. The molecule has 104 valence electrons. The van der Waals surface area contributed by atoms with Crippen molar-refractivity contribution in [2.45, 2.75) is 25.8 Å². The van der Waals surface area contributed by atoms with Gasteiger partial charge in [0, 0.05) is 23.6 Å². The Bertz CT molecular complexity index is 479. The largest absolute Gasteiger partial charge is 0.338 e. The molecular formula is C14H18BrFN2O. The third kappa shape index (κ3) is 3.34. The fraction of sp³-hybridized carbons (Fsp3) is 0.500. The van der Waals surface area contributed by atoms with Gasteiger partial charge in [-0.25, -0.2) is 4.39 Å². The molecule has 0 radical (unpaired) electrons. The van der Waals surface area contributed by atoms with Crippen LogP contribution in [0.3, 0.4) is 0 Å². The number of carbonyl (C=O) groups is 1. The minimum Gasteiger partial charge on any atom is -0.338 e. The zero-order valence-electron chi connectivity index (χ0n) is 10.9. The second-order valence-corrected chi connectivity index (χ2v) is 5.99. The van der Waals surface area contributed by atoms with E-state index in [-0.39, 0.29) is 11.9 Å². The van der Waals surface area contributed by atoms with Crippen molar-refractivity contribution in [3.05, 3.63) is 34.1 Å². The van der Waals surface area contributed by atoms with Crippen molar-refractivity contribution in [1.82, 2.24) is 4.90 Å². The monoisotopic (exact) mass is 328 g/mol. The predicted molar refractivity (Wildman–Crippen MR) is 76.4 cm³/mol. The number of carbonyl (C=O) groups excluding carboxylic acids is 1. The first-order chi connectivity index (χ1) is 8.99. The van der Waals surface area contributed by atoms with Gasteiger partial charge in [0.2, 0.25) is 0 Å². The van der Waals surface area contributed by atoms with Crippen molar-refractivity contribution in [3.8, 4) is 0 Å². The molecule has 1 aliphatic heterocycles. The van der Waals surface area contributed by atoms with Gasteiger partial charge in [-0.2, -0.15) is 0 Å². The SMILES string of the molecule is CC(N)C1CCCN(C(=O)c2cc(F)ccc2Br)C1. The van der Waals surface area contributed by atoms with Crippen molar-refractivity contribution in [2.75, 3.05) is 13.1 Å². The first kappa shape index (κ1) is 14.5. The highest BCUT2D eigenvalue weighted by atomic mass is 79.9. The number of likely N-dealkylation sites (tertiary alicyclic amines) is 1. The lowest BCUT2D eigenvalue weighted by molar-refractivity contribution is 0.0659. The number of piperidine rings is 1. The molecule has 3 nitrogen and oxygen atoms in total. The maximum Gasteiger partial charge on any atom is 0.255 e. The van der Waals surface area contributed by atoms with Crippen LogP contribution in [0.4, 0.5) is 4.39 Å². The highest BCUT2D eigenvalue weighted by molar-refractivity contribution is 9.10. The molecule has 0 aromatic heterocycles. The Hall–Kier alpha value is -0.940. The van der Waals surface area contributed by atoms with Gasteiger partial charge in [-0.1, -0.05) is 0 Å². The van der Waals surface area contributed by atoms with Crippen LogP contribution >= 0.6 is 15.9 Å². The molecule has 1 heterocycles. The Morgan fingerprint density at radius 2 is 2.32 bits per heavy atom. The van der Waals surface area contributed by atoms with E-state index in [9.17, 15) is 9.18 Å². The molecule has 1 saturated heterocycles. The van der Waals surface area contributed by atoms with Crippen LogP contribution in [0.5, 0.6) is 0 Å². The summed E-state index contributed by atoms with van der Waals surface area (Å²) in [6.07, 6.45) is 2.00. The molecule has 1 aromatic rings. The number of rotatable bonds is 2. The van der Waals surface area contributed by atoms with Crippen molar-refractivity contribution in [2.24, 2.45) is 11.7 Å². The molecule has 1 amide bonds. The zero-order chi connectivity index (χ0) is 14.0. The van der Waals surface area contributed by atoms with Crippen LogP contribution in [0.25, 0.3) is 0 Å². The van der Waals surface area contributed by atoms with Crippen LogP contribution in [0.2, 0.25) is 0 Å². The molecule has 0 spiro atoms. The molecule has 1 aliphatic rings. The van der Waals surface area contributed by atoms with Gasteiger partial charge in [0.25, 0.3) is 5.91 Å². The normalized spacial score (nSPS) is 21.3. The number of hydrogen-bond donors (Lipinski definition) is 1. The lowest BCUT2D eigenvalue weighted by Crippen LogP contribution is -2.45. The average Bonchev–Trinajstić information content (AvgIpc) is 2.41. The lowest BCUT2D eigenvalue weighted by Gasteiger charge is -2.34. The molecule has 2 N–H and O–H groups in total. The summed E-state index contributed by atoms with van der Waals surface area (Å²) >= 11 is 3.30. The summed E-state index contributed by atoms with van der Waals surface area (Å²) in [5.74, 6) is -0.200. The molecule has 0 saturated carbocycles. The van der Waals surface area contributed by atoms with Crippen LogP contribution in [-0.4, -0.2) is 29.9 Å². The molecule has 0 bridgehead atoms. The van der Waals surface area contributed by atoms with Gasteiger partial charge in [-0.3, -0.25) is 4.79 Å². The van der Waals surface area contributed by atoms with Crippen LogP contribution in [0, 0.1) is 11.7 Å². The maximum absolute atomic E-state index is 13.3. The summed E-state index contributed by atoms with van der Waals surface area (Å²) in [4.78, 5) is 14.2. The standard InChI is InChI=1S/C14H18BrFN2O/c1-9(17)10-3-2-6-18(8-10)14(19)12-7-11(16)4-5-13(12)15/h4-5,7,9-10H,2-3,6,8,17H2,1H3. The molecule has 2 unspecified atom stereocenters. The topological polar surface area (TPSA) is 46.3 Å². The van der Waals surface area contributed by atoms with E-state index < -0.39 is 5.82 Å². The Kier molecular flexibility index (Phi) is 4.58. The molecule has 2 rings (SSSR count). The smallest absolute Gasteiger partial charge is 0.255 e. The number of benzene rings is 1. The van der Waals surface area contributed by atoms with E-state index >= 15 is 0 Å². The second-order valence-electron chi connectivity index (χ2n) is 5.14. The van der Waals surface area contributed by atoms with Gasteiger partial charge in [0.1, 0.15) is 5.82 Å². The highest BCUT2D eigenvalue weighted by Crippen LogP contribution is 2.24. The van der Waals surface area contributed by atoms with Crippen LogP contribution in [0.15, 0.2) is 22.7 Å². The summed E-state index contributed by atoms with van der Waals surface area (Å²) in [5.41, 5.74) is 6.29. The highest BCUT2D eigenvalue weighted by Gasteiger charge is 2.27. The van der Waals surface area contributed by atoms with E-state index in [4.69, 9.17) is 5.73 Å². The molecule has 0 aliphatic carbocycles. The number of nitrogens with two attached hydrogens (primary N) is 1. The molecule has 5 heteroatoms. The summed E-state index contributed by atoms with van der Waals surface area (Å²) in [7, 11) is 0. The van der Waals surface area contributed by atoms with Gasteiger partial charge in [0.15, 0.2) is 0 Å². The number of hydrogen-bond acceptors (Lipinski definition) is 2. The third-order valence-electron chi connectivity index (χ3n) is 3.65. The third-order valence-corrected chi connectivity index (χ3v) is 4.34. The maximum atomic E-state index is 13.3. The fourth-order valence-electron chi connectivity index (χ4n) is 2.46. The van der Waals surface area contributed by atoms with Crippen molar-refractivity contribution >= 4 is 21.8 Å². The summed E-state index contributed by atoms with van der Waals surface area (Å²) in [5, 5.41) is 0. The van der Waals surface area contributed by atoms with E-state index in [2.05, 4.69) is 15.9 Å². The molecular weight excluding hydrogens is 311 g/mol. The molecule has 1 fully saturated rings. The van der Waals surface area contributed by atoms with Gasteiger partial charge in [-0.05, 0) is 59.8 Å². The van der Waals surface area contributed by atoms with Gasteiger partial charge in [-0.15, -0.1) is 0 Å². The van der Waals surface area contributed by atoms with E-state index in [1.165, 1.54) is 12.1 Å². The number of halogens is 2. The van der Waals surface area contributed by atoms with Gasteiger partial charge < -0.3 is 10.6 Å². The summed E-state index contributed by atoms with van der Waals surface area (Å²) in [6.45, 7) is 3.33. The first-order valence-corrected chi connectivity index (χ1v) is 7.28. The number of nitrogens with zero attached hydrogens (tertiary/aromatic N) is 1. The fourth-order valence-corrected chi connectivity index (χ4v) is 2.87. The Labute approximate surface area is 121 Å². The van der Waals surface area contributed by atoms with E-state index in [1.54, 1.807) is 11.0 Å². The van der Waals surface area contributed by atoms with Crippen LogP contribution in [0.1, 0.15) is 30.1 Å². The minimum absolute atomic E-state index is 0.0755. The average molecular weight is 329 g/mol. The summed E-state index contributed by atoms with van der Waals surface area (Å²) in [6, 6.07) is 4.26. The Morgan fingerprint density at radius 1 is 1.58 bits per heavy atom. The number of amides is 1. The van der Waals surface area contributed by atoms with E-state index in [1.807, 2.05) is 6.92 Å². The van der Waals surface area contributed by atoms with Crippen molar-refractivity contribution in [3.63, 3.8) is 0 Å². The minimum atomic E-state index is -0.396. The van der Waals surface area contributed by atoms with Gasteiger partial charge in [0.05, 0.1) is 5.56 Å². The summed E-state index contributed by atoms with van der Waals surface area (Å²) < 4.78 is 13.9. The molecule has 1 aromatic carbocycles. The zero-order valence-corrected chi connectivity index (χ0v) is 12.5. The Balaban J connectivity index is 2.17. The van der Waals surface area contributed by atoms with E-state index in [0.717, 1.165) is 12.8 Å². The van der Waals surface area contributed by atoms with Crippen LogP contribution < -0.4 is 5.73 Å². The molecule has 19 heavy (non-hydrogen) atoms. The lowest BCUT2D eigenvalue weighted by atomic mass is 9.92.